The van der Waals surface area contributed by atoms with Crippen molar-refractivity contribution in [2.24, 2.45) is 10.9 Å². The lowest BCUT2D eigenvalue weighted by molar-refractivity contribution is -0.139. The number of hydrogen-bond acceptors (Lipinski definition) is 3. The summed E-state index contributed by atoms with van der Waals surface area (Å²) in [7, 11) is 0. The van der Waals surface area contributed by atoms with Crippen LogP contribution in [0.15, 0.2) is 78.3 Å². The van der Waals surface area contributed by atoms with Gasteiger partial charge in [0, 0.05) is 11.1 Å². The minimum absolute atomic E-state index is 0.0630. The predicted molar refractivity (Wildman–Crippen MR) is 109 cm³/mol. The molecule has 2 aromatic rings. The standard InChI is InChI=1S/C23H27NO3/c1-4-15-27-18(3)16-17(2)21(23(25)26)24-22(19-11-7-5-8-12-19)20-13-9-6-10-14-20/h4-14,17-18,21H,1,15-16H2,2-3H3,(H,25,26). The van der Waals surface area contributed by atoms with Gasteiger partial charge in [-0.25, -0.2) is 4.79 Å². The summed E-state index contributed by atoms with van der Waals surface area (Å²) in [6.07, 6.45) is 2.23. The Hall–Kier alpha value is -2.72. The van der Waals surface area contributed by atoms with E-state index in [1.54, 1.807) is 6.08 Å². The number of nitrogens with zero attached hydrogens (tertiary/aromatic N) is 1. The Morgan fingerprint density at radius 3 is 2.04 bits per heavy atom. The first-order valence-corrected chi connectivity index (χ1v) is 9.16. The van der Waals surface area contributed by atoms with Crippen LogP contribution in [0, 0.1) is 5.92 Å². The first kappa shape index (κ1) is 20.6. The van der Waals surface area contributed by atoms with Crippen LogP contribution in [0.1, 0.15) is 31.4 Å². The zero-order valence-corrected chi connectivity index (χ0v) is 15.9. The third-order valence-corrected chi connectivity index (χ3v) is 4.36. The van der Waals surface area contributed by atoms with E-state index in [2.05, 4.69) is 6.58 Å². The first-order chi connectivity index (χ1) is 13.0. The molecule has 3 unspecified atom stereocenters. The van der Waals surface area contributed by atoms with Crippen LogP contribution in [0.4, 0.5) is 0 Å². The minimum Gasteiger partial charge on any atom is -0.480 e. The third-order valence-electron chi connectivity index (χ3n) is 4.36. The summed E-state index contributed by atoms with van der Waals surface area (Å²) in [5.74, 6) is -1.10. The molecule has 0 radical (unpaired) electrons. The van der Waals surface area contributed by atoms with Gasteiger partial charge in [-0.3, -0.25) is 4.99 Å². The molecule has 0 aromatic heterocycles. The number of hydrogen-bond donors (Lipinski definition) is 1. The van der Waals surface area contributed by atoms with Crippen LogP contribution < -0.4 is 0 Å². The van der Waals surface area contributed by atoms with E-state index in [0.717, 1.165) is 11.1 Å². The maximum atomic E-state index is 12.0. The fourth-order valence-electron chi connectivity index (χ4n) is 3.03. The van der Waals surface area contributed by atoms with E-state index in [1.165, 1.54) is 0 Å². The average Bonchev–Trinajstić information content (AvgIpc) is 2.68. The highest BCUT2D eigenvalue weighted by Gasteiger charge is 2.27. The summed E-state index contributed by atoms with van der Waals surface area (Å²) in [4.78, 5) is 16.7. The van der Waals surface area contributed by atoms with Gasteiger partial charge < -0.3 is 9.84 Å². The maximum absolute atomic E-state index is 12.0. The highest BCUT2D eigenvalue weighted by atomic mass is 16.5. The Kier molecular flexibility index (Phi) is 7.96. The normalized spacial score (nSPS) is 14.0. The highest BCUT2D eigenvalue weighted by Crippen LogP contribution is 2.20. The van der Waals surface area contributed by atoms with E-state index in [9.17, 15) is 9.90 Å². The van der Waals surface area contributed by atoms with Crippen molar-refractivity contribution >= 4 is 11.7 Å². The Morgan fingerprint density at radius 1 is 1.07 bits per heavy atom. The molecule has 0 spiro atoms. The maximum Gasteiger partial charge on any atom is 0.328 e. The van der Waals surface area contributed by atoms with E-state index < -0.39 is 12.0 Å². The van der Waals surface area contributed by atoms with Crippen molar-refractivity contribution in [2.75, 3.05) is 6.61 Å². The third kappa shape index (κ3) is 6.19. The Bertz CT molecular complexity index is 714. The van der Waals surface area contributed by atoms with Crippen LogP contribution >= 0.6 is 0 Å². The number of ether oxygens (including phenoxy) is 1. The van der Waals surface area contributed by atoms with Crippen molar-refractivity contribution in [3.8, 4) is 0 Å². The molecule has 0 aliphatic rings. The monoisotopic (exact) mass is 365 g/mol. The van der Waals surface area contributed by atoms with E-state index in [4.69, 9.17) is 9.73 Å². The van der Waals surface area contributed by atoms with Crippen LogP contribution in [0.25, 0.3) is 0 Å². The zero-order chi connectivity index (χ0) is 19.6. The van der Waals surface area contributed by atoms with Crippen molar-refractivity contribution in [3.05, 3.63) is 84.4 Å². The second kappa shape index (κ2) is 10.4. The molecule has 142 valence electrons. The molecule has 3 atom stereocenters. The molecule has 0 saturated carbocycles. The van der Waals surface area contributed by atoms with Crippen molar-refractivity contribution in [1.82, 2.24) is 0 Å². The Morgan fingerprint density at radius 2 is 1.59 bits per heavy atom. The van der Waals surface area contributed by atoms with E-state index >= 15 is 0 Å². The molecule has 0 amide bonds. The summed E-state index contributed by atoms with van der Waals surface area (Å²) in [6.45, 7) is 7.94. The number of aliphatic imine (C=N–C) groups is 1. The second-order valence-electron chi connectivity index (χ2n) is 6.64. The Balaban J connectivity index is 2.35. The largest absolute Gasteiger partial charge is 0.480 e. The number of carboxylic acids is 1. The number of carbonyl (C=O) groups is 1. The fraction of sp³-hybridized carbons (Fsp3) is 0.304. The minimum atomic E-state index is -0.928. The SMILES string of the molecule is C=CCOC(C)CC(C)C(N=C(c1ccccc1)c1ccccc1)C(=O)O. The molecule has 0 bridgehead atoms. The lowest BCUT2D eigenvalue weighted by Gasteiger charge is -2.22. The number of aliphatic carboxylic acids is 1. The van der Waals surface area contributed by atoms with Gasteiger partial charge in [0.1, 0.15) is 0 Å². The van der Waals surface area contributed by atoms with Crippen LogP contribution in [0.5, 0.6) is 0 Å². The fourth-order valence-corrected chi connectivity index (χ4v) is 3.03. The molecule has 0 heterocycles. The topological polar surface area (TPSA) is 58.9 Å². The van der Waals surface area contributed by atoms with Gasteiger partial charge in [0.05, 0.1) is 18.4 Å². The van der Waals surface area contributed by atoms with Crippen molar-refractivity contribution in [1.29, 1.82) is 0 Å². The van der Waals surface area contributed by atoms with E-state index in [-0.39, 0.29) is 12.0 Å². The van der Waals surface area contributed by atoms with Gasteiger partial charge in [-0.1, -0.05) is 73.7 Å². The second-order valence-corrected chi connectivity index (χ2v) is 6.64. The molecule has 1 N–H and O–H groups in total. The summed E-state index contributed by atoms with van der Waals surface area (Å²) in [5.41, 5.74) is 2.49. The van der Waals surface area contributed by atoms with Crippen molar-refractivity contribution < 1.29 is 14.6 Å². The van der Waals surface area contributed by atoms with E-state index in [0.29, 0.717) is 18.7 Å². The molecule has 0 fully saturated rings. The summed E-state index contributed by atoms with van der Waals surface area (Å²) >= 11 is 0. The molecule has 4 heteroatoms. The van der Waals surface area contributed by atoms with Gasteiger partial charge in [-0.15, -0.1) is 6.58 Å². The molecular formula is C23H27NO3. The van der Waals surface area contributed by atoms with Gasteiger partial charge in [-0.05, 0) is 19.3 Å². The number of carboxylic acid groups (broad SMARTS) is 1. The molecule has 4 nitrogen and oxygen atoms in total. The van der Waals surface area contributed by atoms with E-state index in [1.807, 2.05) is 74.5 Å². The molecule has 0 aliphatic carbocycles. The van der Waals surface area contributed by atoms with Crippen LogP contribution in [-0.2, 0) is 9.53 Å². The number of rotatable bonds is 10. The molecule has 2 aromatic carbocycles. The molecule has 0 aliphatic heterocycles. The van der Waals surface area contributed by atoms with Crippen molar-refractivity contribution in [3.63, 3.8) is 0 Å². The van der Waals surface area contributed by atoms with Gasteiger partial charge >= 0.3 is 5.97 Å². The van der Waals surface area contributed by atoms with Crippen LogP contribution in [0.3, 0.4) is 0 Å². The summed E-state index contributed by atoms with van der Waals surface area (Å²) < 4.78 is 5.61. The van der Waals surface area contributed by atoms with Crippen LogP contribution in [0.2, 0.25) is 0 Å². The molecule has 2 rings (SSSR count). The summed E-state index contributed by atoms with van der Waals surface area (Å²) in [5, 5.41) is 9.81. The lowest BCUT2D eigenvalue weighted by Crippen LogP contribution is -2.30. The lowest BCUT2D eigenvalue weighted by atomic mass is 9.94. The summed E-state index contributed by atoms with van der Waals surface area (Å²) in [6, 6.07) is 18.5. The van der Waals surface area contributed by atoms with Gasteiger partial charge in [-0.2, -0.15) is 0 Å². The quantitative estimate of drug-likeness (QED) is 0.495. The van der Waals surface area contributed by atoms with Gasteiger partial charge in [0.25, 0.3) is 0 Å². The van der Waals surface area contributed by atoms with Gasteiger partial charge in [0.15, 0.2) is 6.04 Å². The Labute approximate surface area is 161 Å². The number of benzene rings is 2. The first-order valence-electron chi connectivity index (χ1n) is 9.16. The van der Waals surface area contributed by atoms with Crippen molar-refractivity contribution in [2.45, 2.75) is 32.4 Å². The zero-order valence-electron chi connectivity index (χ0n) is 15.9. The van der Waals surface area contributed by atoms with Gasteiger partial charge in [0.2, 0.25) is 0 Å². The molecule has 27 heavy (non-hydrogen) atoms. The smallest absolute Gasteiger partial charge is 0.328 e. The van der Waals surface area contributed by atoms with Crippen LogP contribution in [-0.4, -0.2) is 35.5 Å². The average molecular weight is 365 g/mol. The highest BCUT2D eigenvalue weighted by molar-refractivity contribution is 6.13. The predicted octanol–water partition coefficient (Wildman–Crippen LogP) is 4.59. The molecule has 0 saturated heterocycles. The molecular weight excluding hydrogens is 338 g/mol.